The fraction of sp³-hybridized carbons (Fsp3) is 0.667. The first-order chi connectivity index (χ1) is 9.27. The second kappa shape index (κ2) is 7.69. The summed E-state index contributed by atoms with van der Waals surface area (Å²) in [4.78, 5) is 0. The number of benzene rings is 1. The summed E-state index contributed by atoms with van der Waals surface area (Å²) in [5, 5.41) is 3.75. The minimum absolute atomic E-state index is 0.659. The Balaban J connectivity index is 1.68. The maximum Gasteiger partial charge on any atom is 0.00670 e. The van der Waals surface area contributed by atoms with Gasteiger partial charge in [-0.15, -0.1) is 0 Å². The summed E-state index contributed by atoms with van der Waals surface area (Å²) in [6, 6.07) is 11.6. The molecule has 0 aliphatic heterocycles. The van der Waals surface area contributed by atoms with Gasteiger partial charge in [0.1, 0.15) is 0 Å². The van der Waals surface area contributed by atoms with Gasteiger partial charge in [0.15, 0.2) is 0 Å². The predicted octanol–water partition coefficient (Wildman–Crippen LogP) is 4.74. The van der Waals surface area contributed by atoms with Crippen molar-refractivity contribution >= 4 is 0 Å². The molecule has 0 saturated heterocycles. The van der Waals surface area contributed by atoms with E-state index in [0.29, 0.717) is 12.0 Å². The van der Waals surface area contributed by atoms with Crippen LogP contribution in [0.15, 0.2) is 30.3 Å². The van der Waals surface area contributed by atoms with Gasteiger partial charge in [0, 0.05) is 6.04 Å². The second-order valence-electron chi connectivity index (χ2n) is 6.24. The lowest BCUT2D eigenvalue weighted by molar-refractivity contribution is 0.280. The summed E-state index contributed by atoms with van der Waals surface area (Å²) in [7, 11) is 0. The summed E-state index contributed by atoms with van der Waals surface area (Å²) >= 11 is 0. The zero-order valence-electron chi connectivity index (χ0n) is 12.6. The monoisotopic (exact) mass is 259 g/mol. The van der Waals surface area contributed by atoms with E-state index in [1.54, 1.807) is 0 Å². The van der Waals surface area contributed by atoms with Crippen molar-refractivity contribution in [3.05, 3.63) is 35.9 Å². The maximum absolute atomic E-state index is 3.75. The molecule has 1 aliphatic rings. The number of hydrogen-bond acceptors (Lipinski definition) is 1. The third-order valence-electron chi connectivity index (χ3n) is 4.77. The standard InChI is InChI=1S/C18H29N/c1-15(17-9-5-3-6-10-17)13-14-19-16(2)18-11-7-4-8-12-18/h3,5-6,9-10,15-16,18-19H,4,7-8,11-14H2,1-2H3/t15?,16-/m0/s1. The molecule has 0 spiro atoms. The highest BCUT2D eigenvalue weighted by Crippen LogP contribution is 2.26. The zero-order chi connectivity index (χ0) is 13.5. The van der Waals surface area contributed by atoms with Crippen molar-refractivity contribution in [2.45, 2.75) is 64.3 Å². The molecule has 1 saturated carbocycles. The Hall–Kier alpha value is -0.820. The van der Waals surface area contributed by atoms with Crippen molar-refractivity contribution in [3.8, 4) is 0 Å². The van der Waals surface area contributed by atoms with Gasteiger partial charge in [-0.1, -0.05) is 56.5 Å². The molecule has 0 radical (unpaired) electrons. The van der Waals surface area contributed by atoms with Crippen LogP contribution in [0.4, 0.5) is 0 Å². The highest BCUT2D eigenvalue weighted by Gasteiger charge is 2.19. The highest BCUT2D eigenvalue weighted by atomic mass is 14.9. The van der Waals surface area contributed by atoms with Crippen LogP contribution in [-0.4, -0.2) is 12.6 Å². The first-order valence-electron chi connectivity index (χ1n) is 8.05. The molecule has 2 atom stereocenters. The average molecular weight is 259 g/mol. The third kappa shape index (κ3) is 4.65. The molecule has 0 bridgehead atoms. The van der Waals surface area contributed by atoms with Gasteiger partial charge in [0.05, 0.1) is 0 Å². The molecule has 1 nitrogen and oxygen atoms in total. The molecule has 0 heterocycles. The van der Waals surface area contributed by atoms with Crippen LogP contribution in [-0.2, 0) is 0 Å². The van der Waals surface area contributed by atoms with E-state index in [0.717, 1.165) is 12.5 Å². The Labute approximate surface area is 118 Å². The Morgan fingerprint density at radius 1 is 1.05 bits per heavy atom. The summed E-state index contributed by atoms with van der Waals surface area (Å²) in [6.07, 6.45) is 8.44. The summed E-state index contributed by atoms with van der Waals surface area (Å²) in [5.41, 5.74) is 1.47. The van der Waals surface area contributed by atoms with Gasteiger partial charge in [-0.05, 0) is 50.1 Å². The summed E-state index contributed by atoms with van der Waals surface area (Å²) < 4.78 is 0. The van der Waals surface area contributed by atoms with E-state index in [4.69, 9.17) is 0 Å². The van der Waals surface area contributed by atoms with Crippen LogP contribution in [0.1, 0.15) is 63.9 Å². The minimum atomic E-state index is 0.659. The van der Waals surface area contributed by atoms with Crippen LogP contribution in [0.3, 0.4) is 0 Å². The Kier molecular flexibility index (Phi) is 5.91. The fourth-order valence-electron chi connectivity index (χ4n) is 3.28. The molecule has 1 aliphatic carbocycles. The molecule has 106 valence electrons. The van der Waals surface area contributed by atoms with Crippen LogP contribution >= 0.6 is 0 Å². The molecule has 1 heteroatoms. The van der Waals surface area contributed by atoms with Gasteiger partial charge in [-0.2, -0.15) is 0 Å². The zero-order valence-corrected chi connectivity index (χ0v) is 12.6. The van der Waals surface area contributed by atoms with E-state index in [1.807, 2.05) is 0 Å². The molecular formula is C18H29N. The van der Waals surface area contributed by atoms with E-state index in [9.17, 15) is 0 Å². The van der Waals surface area contributed by atoms with E-state index in [2.05, 4.69) is 49.5 Å². The van der Waals surface area contributed by atoms with Crippen molar-refractivity contribution in [2.24, 2.45) is 5.92 Å². The van der Waals surface area contributed by atoms with Crippen molar-refractivity contribution in [1.29, 1.82) is 0 Å². The second-order valence-corrected chi connectivity index (χ2v) is 6.24. The normalized spacial score (nSPS) is 20.1. The number of nitrogens with one attached hydrogen (secondary N) is 1. The number of hydrogen-bond donors (Lipinski definition) is 1. The first kappa shape index (κ1) is 14.6. The smallest absolute Gasteiger partial charge is 0.00670 e. The van der Waals surface area contributed by atoms with Gasteiger partial charge >= 0.3 is 0 Å². The lowest BCUT2D eigenvalue weighted by Crippen LogP contribution is -2.35. The molecule has 19 heavy (non-hydrogen) atoms. The molecule has 1 aromatic carbocycles. The molecule has 1 aromatic rings. The highest BCUT2D eigenvalue weighted by molar-refractivity contribution is 5.18. The lowest BCUT2D eigenvalue weighted by atomic mass is 9.84. The van der Waals surface area contributed by atoms with Gasteiger partial charge in [-0.3, -0.25) is 0 Å². The van der Waals surface area contributed by atoms with Crippen molar-refractivity contribution < 1.29 is 0 Å². The predicted molar refractivity (Wildman–Crippen MR) is 83.5 cm³/mol. The van der Waals surface area contributed by atoms with E-state index < -0.39 is 0 Å². The summed E-state index contributed by atoms with van der Waals surface area (Å²) in [5.74, 6) is 1.58. The molecule has 2 rings (SSSR count). The van der Waals surface area contributed by atoms with E-state index in [-0.39, 0.29) is 0 Å². The molecule has 0 amide bonds. The van der Waals surface area contributed by atoms with Crippen molar-refractivity contribution in [3.63, 3.8) is 0 Å². The Bertz CT molecular complexity index is 340. The molecule has 0 aromatic heterocycles. The van der Waals surface area contributed by atoms with Crippen LogP contribution in [0.5, 0.6) is 0 Å². The molecule has 1 unspecified atom stereocenters. The summed E-state index contributed by atoms with van der Waals surface area (Å²) in [6.45, 7) is 5.86. The number of rotatable bonds is 6. The van der Waals surface area contributed by atoms with Gasteiger partial charge < -0.3 is 5.32 Å². The Morgan fingerprint density at radius 2 is 1.74 bits per heavy atom. The van der Waals surface area contributed by atoms with Crippen molar-refractivity contribution in [1.82, 2.24) is 5.32 Å². The molecule has 1 fully saturated rings. The maximum atomic E-state index is 3.75. The van der Waals surface area contributed by atoms with Crippen LogP contribution < -0.4 is 5.32 Å². The molecule has 1 N–H and O–H groups in total. The van der Waals surface area contributed by atoms with Crippen LogP contribution in [0.2, 0.25) is 0 Å². The van der Waals surface area contributed by atoms with Gasteiger partial charge in [-0.25, -0.2) is 0 Å². The van der Waals surface area contributed by atoms with E-state index >= 15 is 0 Å². The lowest BCUT2D eigenvalue weighted by Gasteiger charge is -2.28. The van der Waals surface area contributed by atoms with Crippen molar-refractivity contribution in [2.75, 3.05) is 6.54 Å². The fourth-order valence-corrected chi connectivity index (χ4v) is 3.28. The quantitative estimate of drug-likeness (QED) is 0.778. The average Bonchev–Trinajstić information content (AvgIpc) is 2.49. The van der Waals surface area contributed by atoms with Crippen LogP contribution in [0.25, 0.3) is 0 Å². The van der Waals surface area contributed by atoms with Gasteiger partial charge in [0.25, 0.3) is 0 Å². The van der Waals surface area contributed by atoms with Gasteiger partial charge in [0.2, 0.25) is 0 Å². The SMILES string of the molecule is CC(CCN[C@@H](C)C1CCCCC1)c1ccccc1. The van der Waals surface area contributed by atoms with Crippen LogP contribution in [0, 0.1) is 5.92 Å². The topological polar surface area (TPSA) is 12.0 Å². The van der Waals surface area contributed by atoms with E-state index in [1.165, 1.54) is 44.1 Å². The minimum Gasteiger partial charge on any atom is -0.314 e. The Morgan fingerprint density at radius 3 is 2.42 bits per heavy atom. The molecular weight excluding hydrogens is 230 g/mol. The first-order valence-corrected chi connectivity index (χ1v) is 8.05. The third-order valence-corrected chi connectivity index (χ3v) is 4.77. The largest absolute Gasteiger partial charge is 0.314 e.